The van der Waals surface area contributed by atoms with Gasteiger partial charge in [-0.25, -0.2) is 0 Å². The first-order valence-electron chi connectivity index (χ1n) is 5.77. The minimum Gasteiger partial charge on any atom is -0.394 e. The highest BCUT2D eigenvalue weighted by molar-refractivity contribution is 5.88. The summed E-state index contributed by atoms with van der Waals surface area (Å²) >= 11 is 0. The number of aliphatic hydroxyl groups excluding tert-OH is 1. The number of nitrogens with one attached hydrogen (secondary N) is 2. The number of aliphatic hydroxyl groups is 1. The van der Waals surface area contributed by atoms with E-state index in [0.717, 1.165) is 6.42 Å². The molecule has 0 aliphatic carbocycles. The number of carbonyl (C=O) groups excluding carboxylic acids is 3. The van der Waals surface area contributed by atoms with Crippen LogP contribution in [0.15, 0.2) is 0 Å². The van der Waals surface area contributed by atoms with Crippen molar-refractivity contribution >= 4 is 18.1 Å². The van der Waals surface area contributed by atoms with Gasteiger partial charge in [-0.2, -0.15) is 0 Å². The Labute approximate surface area is 106 Å². The number of amides is 2. The fourth-order valence-electron chi connectivity index (χ4n) is 1.16. The lowest BCUT2D eigenvalue weighted by atomic mass is 9.99. The lowest BCUT2D eigenvalue weighted by Gasteiger charge is -2.17. The van der Waals surface area contributed by atoms with E-state index in [9.17, 15) is 14.4 Å². The minimum atomic E-state index is -1.07. The van der Waals surface area contributed by atoms with Crippen LogP contribution in [0.1, 0.15) is 20.3 Å². The maximum Gasteiger partial charge on any atom is 0.240 e. The lowest BCUT2D eigenvalue weighted by Crippen LogP contribution is -2.49. The molecule has 0 aromatic carbocycles. The Morgan fingerprint density at radius 1 is 1.44 bits per heavy atom. The van der Waals surface area contributed by atoms with Crippen LogP contribution in [0.4, 0.5) is 0 Å². The van der Waals surface area contributed by atoms with Gasteiger partial charge in [0.1, 0.15) is 6.04 Å². The van der Waals surface area contributed by atoms with Crippen molar-refractivity contribution in [1.29, 1.82) is 0 Å². The molecule has 18 heavy (non-hydrogen) atoms. The summed E-state index contributed by atoms with van der Waals surface area (Å²) in [6.45, 7) is 2.93. The quantitative estimate of drug-likeness (QED) is 0.403. The maximum atomic E-state index is 11.5. The van der Waals surface area contributed by atoms with Crippen molar-refractivity contribution < 1.29 is 19.5 Å². The molecule has 7 heteroatoms. The normalized spacial score (nSPS) is 15.3. The molecule has 0 aliphatic heterocycles. The van der Waals surface area contributed by atoms with Crippen molar-refractivity contribution in [3.63, 3.8) is 0 Å². The van der Waals surface area contributed by atoms with Gasteiger partial charge in [0.15, 0.2) is 0 Å². The standard InChI is InChI=1S/C11H20N3O4/c1-3-7(2)10(12)11(18)13-4-9(17)14-8(5-15)6-16/h7-8,10,15H,3-5,12H2,1-2H3,(H,13,18)(H,14,17)/t7-,8-,10-/m0/s1. The third-order valence-electron chi connectivity index (χ3n) is 2.64. The molecule has 0 heterocycles. The molecule has 0 bridgehead atoms. The van der Waals surface area contributed by atoms with Crippen LogP contribution in [0.3, 0.4) is 0 Å². The van der Waals surface area contributed by atoms with E-state index < -0.39 is 30.5 Å². The van der Waals surface area contributed by atoms with E-state index in [0.29, 0.717) is 0 Å². The van der Waals surface area contributed by atoms with Crippen molar-refractivity contribution in [2.24, 2.45) is 11.7 Å². The second-order valence-corrected chi connectivity index (χ2v) is 4.05. The van der Waals surface area contributed by atoms with Gasteiger partial charge < -0.3 is 21.5 Å². The molecule has 0 saturated heterocycles. The van der Waals surface area contributed by atoms with Gasteiger partial charge in [-0.05, 0) is 5.92 Å². The second kappa shape index (κ2) is 8.60. The predicted octanol–water partition coefficient (Wildman–Crippen LogP) is -1.94. The van der Waals surface area contributed by atoms with E-state index in [1.807, 2.05) is 13.8 Å². The van der Waals surface area contributed by atoms with Gasteiger partial charge in [0.25, 0.3) is 0 Å². The van der Waals surface area contributed by atoms with E-state index in [1.165, 1.54) is 6.29 Å². The Hall–Kier alpha value is -1.47. The highest BCUT2D eigenvalue weighted by Gasteiger charge is 2.20. The van der Waals surface area contributed by atoms with Crippen LogP contribution in [-0.2, 0) is 14.4 Å². The van der Waals surface area contributed by atoms with Gasteiger partial charge in [0, 0.05) is 0 Å². The Bertz CT molecular complexity index is 296. The molecular weight excluding hydrogens is 238 g/mol. The largest absolute Gasteiger partial charge is 0.394 e. The molecule has 3 atom stereocenters. The third kappa shape index (κ3) is 5.74. The smallest absolute Gasteiger partial charge is 0.240 e. The van der Waals surface area contributed by atoms with Crippen molar-refractivity contribution in [3.8, 4) is 0 Å². The predicted molar refractivity (Wildman–Crippen MR) is 65.2 cm³/mol. The zero-order chi connectivity index (χ0) is 14.1. The van der Waals surface area contributed by atoms with Crippen molar-refractivity contribution in [2.75, 3.05) is 13.2 Å². The molecule has 2 amide bonds. The van der Waals surface area contributed by atoms with Gasteiger partial charge in [-0.3, -0.25) is 14.4 Å². The highest BCUT2D eigenvalue weighted by atomic mass is 16.3. The van der Waals surface area contributed by atoms with E-state index >= 15 is 0 Å². The second-order valence-electron chi connectivity index (χ2n) is 4.05. The number of hydrogen-bond acceptors (Lipinski definition) is 5. The van der Waals surface area contributed by atoms with Gasteiger partial charge in [-0.15, -0.1) is 0 Å². The molecule has 0 fully saturated rings. The van der Waals surface area contributed by atoms with Crippen LogP contribution in [0, 0.1) is 5.92 Å². The van der Waals surface area contributed by atoms with Crippen molar-refractivity contribution in [2.45, 2.75) is 32.4 Å². The third-order valence-corrected chi connectivity index (χ3v) is 2.64. The van der Waals surface area contributed by atoms with Gasteiger partial charge in [0.05, 0.1) is 19.2 Å². The molecule has 0 rings (SSSR count). The average molecular weight is 258 g/mol. The van der Waals surface area contributed by atoms with Gasteiger partial charge >= 0.3 is 0 Å². The summed E-state index contributed by atoms with van der Waals surface area (Å²) in [5.74, 6) is -0.987. The molecule has 0 aliphatic rings. The monoisotopic (exact) mass is 258 g/mol. The summed E-state index contributed by atoms with van der Waals surface area (Å²) < 4.78 is 0. The maximum absolute atomic E-state index is 11.5. The number of hydrogen-bond donors (Lipinski definition) is 4. The van der Waals surface area contributed by atoms with Crippen LogP contribution >= 0.6 is 0 Å². The molecule has 0 aromatic rings. The molecule has 1 radical (unpaired) electrons. The molecule has 103 valence electrons. The summed E-state index contributed by atoms with van der Waals surface area (Å²) in [6, 6.07) is -1.74. The first-order valence-corrected chi connectivity index (χ1v) is 5.77. The van der Waals surface area contributed by atoms with Crippen LogP contribution in [0.2, 0.25) is 0 Å². The van der Waals surface area contributed by atoms with E-state index in [4.69, 9.17) is 10.8 Å². The van der Waals surface area contributed by atoms with Gasteiger partial charge in [0.2, 0.25) is 18.1 Å². The van der Waals surface area contributed by atoms with E-state index in [-0.39, 0.29) is 12.5 Å². The Morgan fingerprint density at radius 3 is 2.50 bits per heavy atom. The van der Waals surface area contributed by atoms with Crippen LogP contribution in [0.25, 0.3) is 0 Å². The van der Waals surface area contributed by atoms with Crippen LogP contribution in [-0.4, -0.2) is 48.4 Å². The first kappa shape index (κ1) is 16.5. The Balaban J connectivity index is 4.05. The van der Waals surface area contributed by atoms with Crippen LogP contribution in [0.5, 0.6) is 0 Å². The molecule has 0 saturated carbocycles. The van der Waals surface area contributed by atoms with Gasteiger partial charge in [-0.1, -0.05) is 20.3 Å². The molecule has 0 unspecified atom stereocenters. The zero-order valence-electron chi connectivity index (χ0n) is 10.6. The number of carbonyl (C=O) groups is 2. The average Bonchev–Trinajstić information content (AvgIpc) is 2.40. The minimum absolute atomic E-state index is 0.0153. The zero-order valence-corrected chi connectivity index (χ0v) is 10.6. The Kier molecular flexibility index (Phi) is 7.89. The summed E-state index contributed by atoms with van der Waals surface area (Å²) in [5.41, 5.74) is 5.66. The van der Waals surface area contributed by atoms with Crippen LogP contribution < -0.4 is 16.4 Å². The lowest BCUT2D eigenvalue weighted by molar-refractivity contribution is -0.127. The topological polar surface area (TPSA) is 122 Å². The molecule has 0 aromatic heterocycles. The SMILES string of the molecule is CC[C@H](C)[C@H](N)C(=O)NCC(=O)N[C@H]([C]=O)CO. The van der Waals surface area contributed by atoms with E-state index in [2.05, 4.69) is 10.6 Å². The van der Waals surface area contributed by atoms with Crippen molar-refractivity contribution in [1.82, 2.24) is 10.6 Å². The Morgan fingerprint density at radius 2 is 2.06 bits per heavy atom. The summed E-state index contributed by atoms with van der Waals surface area (Å²) in [6.07, 6.45) is 2.21. The number of rotatable bonds is 8. The fourth-order valence-corrected chi connectivity index (χ4v) is 1.16. The first-order chi connectivity index (χ1) is 8.46. The highest BCUT2D eigenvalue weighted by Crippen LogP contribution is 2.04. The molecule has 5 N–H and O–H groups in total. The molecular formula is C11H20N3O4. The summed E-state index contributed by atoms with van der Waals surface area (Å²) in [5, 5.41) is 13.2. The fraction of sp³-hybridized carbons (Fsp3) is 0.727. The molecule has 7 nitrogen and oxygen atoms in total. The molecule has 0 spiro atoms. The summed E-state index contributed by atoms with van der Waals surface area (Å²) in [4.78, 5) is 33.0. The van der Waals surface area contributed by atoms with E-state index in [1.54, 1.807) is 0 Å². The summed E-state index contributed by atoms with van der Waals surface area (Å²) in [7, 11) is 0. The number of nitrogens with two attached hydrogens (primary N) is 1. The van der Waals surface area contributed by atoms with Crippen molar-refractivity contribution in [3.05, 3.63) is 0 Å².